The number of aryl methyl sites for hydroxylation is 7. The Morgan fingerprint density at radius 2 is 0.543 bits per heavy atom. The van der Waals surface area contributed by atoms with Gasteiger partial charge in [0.2, 0.25) is 0 Å². The summed E-state index contributed by atoms with van der Waals surface area (Å²) in [4.78, 5) is 148. The van der Waals surface area contributed by atoms with Crippen LogP contribution in [0.15, 0.2) is 243 Å². The molecule has 30 heteroatoms. The molecule has 0 aliphatic heterocycles. The van der Waals surface area contributed by atoms with E-state index in [0.29, 0.717) is 82.0 Å². The Morgan fingerprint density at radius 1 is 0.307 bits per heavy atom. The van der Waals surface area contributed by atoms with E-state index in [4.69, 9.17) is 42.6 Å². The lowest BCUT2D eigenvalue weighted by Crippen LogP contribution is -2.27. The minimum Gasteiger partial charge on any atom is -0.508 e. The maximum Gasteiger partial charge on any atom is 0.333 e. The van der Waals surface area contributed by atoms with Crippen LogP contribution in [0.1, 0.15) is 153 Å². The van der Waals surface area contributed by atoms with Crippen LogP contribution in [0.25, 0.3) is 0 Å². The molecule has 0 fully saturated rings. The molecular weight excluding hydrogens is 2240 g/mol. The fourth-order valence-electron chi connectivity index (χ4n) is 13.1. The molecule has 746 valence electrons. The number of ether oxygens (including phenoxy) is 9. The normalized spacial score (nSPS) is 11.6. The van der Waals surface area contributed by atoms with Crippen molar-refractivity contribution < 1.29 is 126 Å². The summed E-state index contributed by atoms with van der Waals surface area (Å²) in [5.74, 6) is -6.12. The van der Waals surface area contributed by atoms with Gasteiger partial charge in [-0.05, 0) is 296 Å². The van der Waals surface area contributed by atoms with Gasteiger partial charge in [-0.3, -0.25) is 38.4 Å². The standard InChI is InChI=1S/C32H30I4O7.2C26H30O6.C25H28O7.CH4/c1-18(2)31(39)41-10-11-42-32(40)22(15-23(37)9-8-20-6-4-19(3)5-7-20)12-21-13-27(35)30(28(36)14-21)43-24-16-25(33)29(38)26(34)17-24;2*1-18(2)25(29)31-14-15-32-26(30)22(16-21-9-11-23(27)12-10-21)17-24(28)13-8-20-6-4-19(3)5-7-20;1-16(2)24(29)31-12-13-32-25(30)20(14-18-6-10-21(26)11-7-18)15-22(27)23(28)19-8-4-17(3)5-9-19;/h4-7,13-14,16-17,22,38H,1,8-12,15H2,2-3H3;2*4-7,9-12,22,27H,1,8,13-17H2,2-3H3;4-11,20,23,26,28H,1,12-15H2,2-3H3;1H4/t3*22-;20-,23-;/m1111./s1. The van der Waals surface area contributed by atoms with Crippen molar-refractivity contribution in [3.05, 3.63) is 324 Å². The second-order valence-corrected chi connectivity index (χ2v) is 38.0. The molecule has 0 amide bonds. The highest BCUT2D eigenvalue weighted by molar-refractivity contribution is 14.1. The van der Waals surface area contributed by atoms with Crippen LogP contribution in [-0.4, -0.2) is 149 Å². The zero-order valence-electron chi connectivity index (χ0n) is 79.1. The number of hydrogen-bond acceptors (Lipinski definition) is 26. The molecule has 9 rings (SSSR count). The quantitative estimate of drug-likeness (QED) is 0.00777. The molecule has 0 spiro atoms. The third kappa shape index (κ3) is 45.2. The summed E-state index contributed by atoms with van der Waals surface area (Å²) in [5.41, 5.74) is 12.3. The van der Waals surface area contributed by atoms with E-state index >= 15 is 0 Å². The van der Waals surface area contributed by atoms with Gasteiger partial charge in [0.15, 0.2) is 11.5 Å². The van der Waals surface area contributed by atoms with E-state index < -0.39 is 83.3 Å². The minimum atomic E-state index is -1.36. The van der Waals surface area contributed by atoms with E-state index in [1.165, 1.54) is 64.1 Å². The van der Waals surface area contributed by atoms with Crippen molar-refractivity contribution in [3.63, 3.8) is 0 Å². The molecule has 0 heterocycles. The number of hydrogen-bond donors (Lipinski definition) is 5. The van der Waals surface area contributed by atoms with E-state index in [1.807, 2.05) is 113 Å². The Kier molecular flexibility index (Phi) is 53.0. The SMILES string of the molecule is C.C=C(C)C(=O)OCCOC(=O)[C@@H](CC(=O)CCc1ccc(C)cc1)Cc1cc(I)c(Oc2cc(I)c(O)c(I)c2)c(I)c1.C=C(C)C(=O)OCCOC(=O)[C@@H](CC(=O)CCc1ccc(C)cc1)Cc1ccc(O)cc1.C=C(C)C(=O)OCCOC(=O)[C@@H](CC(=O)CCc1ccc(C)cc1)Cc1ccc(O)cc1.C=C(C)C(=O)OCCOC(=O)[C@@H](CC(=O)[C@H](O)c1ccc(C)cc1)Cc1ccc(O)cc1. The van der Waals surface area contributed by atoms with Crippen molar-refractivity contribution in [2.45, 2.75) is 159 Å². The maximum absolute atomic E-state index is 13.2. The molecule has 0 aromatic heterocycles. The smallest absolute Gasteiger partial charge is 0.333 e. The molecule has 5 N–H and O–H groups in total. The predicted octanol–water partition coefficient (Wildman–Crippen LogP) is 20.4. The Bertz CT molecular complexity index is 5490. The third-order valence-electron chi connectivity index (χ3n) is 21.0. The molecule has 0 aliphatic carbocycles. The van der Waals surface area contributed by atoms with Crippen LogP contribution in [0.2, 0.25) is 0 Å². The van der Waals surface area contributed by atoms with E-state index in [0.717, 1.165) is 68.3 Å². The van der Waals surface area contributed by atoms with Crippen LogP contribution in [0.4, 0.5) is 0 Å². The van der Waals surface area contributed by atoms with Crippen molar-refractivity contribution in [3.8, 4) is 34.5 Å². The van der Waals surface area contributed by atoms with Gasteiger partial charge in [0.25, 0.3) is 0 Å². The second-order valence-electron chi connectivity index (χ2n) is 33.3. The molecule has 0 bridgehead atoms. The molecule has 140 heavy (non-hydrogen) atoms. The van der Waals surface area contributed by atoms with E-state index in [1.54, 1.807) is 72.8 Å². The van der Waals surface area contributed by atoms with Crippen molar-refractivity contribution in [1.29, 1.82) is 0 Å². The molecule has 9 aromatic rings. The van der Waals surface area contributed by atoms with Crippen LogP contribution < -0.4 is 4.74 Å². The van der Waals surface area contributed by atoms with Crippen molar-refractivity contribution >= 4 is 161 Å². The molecule has 5 atom stereocenters. The molecule has 0 saturated carbocycles. The summed E-state index contributed by atoms with van der Waals surface area (Å²) < 4.78 is 50.2. The third-order valence-corrected chi connectivity index (χ3v) is 24.2. The molecule has 0 aliphatic rings. The van der Waals surface area contributed by atoms with Gasteiger partial charge in [-0.1, -0.05) is 189 Å². The van der Waals surface area contributed by atoms with Gasteiger partial charge in [0.05, 0.1) is 38.0 Å². The Morgan fingerprint density at radius 3 is 0.807 bits per heavy atom. The molecular formula is C110H122I4O26. The van der Waals surface area contributed by atoms with Crippen molar-refractivity contribution in [1.82, 2.24) is 0 Å². The van der Waals surface area contributed by atoms with Gasteiger partial charge in [0, 0.05) is 67.2 Å². The van der Waals surface area contributed by atoms with Crippen LogP contribution in [0.5, 0.6) is 34.5 Å². The summed E-state index contributed by atoms with van der Waals surface area (Å²) in [7, 11) is 0. The number of esters is 8. The summed E-state index contributed by atoms with van der Waals surface area (Å²) in [6.07, 6.45) is 2.42. The van der Waals surface area contributed by atoms with E-state index in [2.05, 4.69) is 117 Å². The summed E-state index contributed by atoms with van der Waals surface area (Å²) >= 11 is 8.50. The number of phenols is 4. The van der Waals surface area contributed by atoms with Gasteiger partial charge in [-0.15, -0.1) is 0 Å². The van der Waals surface area contributed by atoms with Crippen LogP contribution in [0, 0.1) is 65.6 Å². The highest BCUT2D eigenvalue weighted by Gasteiger charge is 2.31. The van der Waals surface area contributed by atoms with Crippen LogP contribution in [-0.2, 0) is 140 Å². The van der Waals surface area contributed by atoms with Crippen LogP contribution >= 0.6 is 90.4 Å². The first-order chi connectivity index (χ1) is 66.0. The molecule has 0 saturated heterocycles. The van der Waals surface area contributed by atoms with E-state index in [9.17, 15) is 83.1 Å². The van der Waals surface area contributed by atoms with E-state index in [-0.39, 0.29) is 155 Å². The minimum absolute atomic E-state index is 0. The average Bonchev–Trinajstić information content (AvgIpc) is 0.792. The van der Waals surface area contributed by atoms with Gasteiger partial charge >= 0.3 is 47.8 Å². The molecule has 9 aromatic carbocycles. The molecule has 0 unspecified atom stereocenters. The number of carbonyl (C=O) groups is 12. The number of phenolic OH excluding ortho intramolecular Hbond substituents is 4. The first-order valence-electron chi connectivity index (χ1n) is 44.6. The summed E-state index contributed by atoms with van der Waals surface area (Å²) in [6.45, 7) is 27.2. The number of ketones is 4. The summed E-state index contributed by atoms with van der Waals surface area (Å²) in [5, 5.41) is 48.9. The van der Waals surface area contributed by atoms with Crippen molar-refractivity contribution in [2.24, 2.45) is 23.7 Å². The number of Topliss-reactive ketones (excluding diaryl/α,β-unsaturated/α-hetero) is 4. The monoisotopic (exact) mass is 2370 g/mol. The molecule has 0 radical (unpaired) electrons. The maximum atomic E-state index is 13.2. The highest BCUT2D eigenvalue weighted by Crippen LogP contribution is 2.38. The zero-order valence-corrected chi connectivity index (χ0v) is 87.7. The highest BCUT2D eigenvalue weighted by atomic mass is 127. The van der Waals surface area contributed by atoms with Gasteiger partial charge in [-0.25, -0.2) is 19.2 Å². The average molecular weight is 2370 g/mol. The number of aliphatic hydroxyl groups excluding tert-OH is 1. The lowest BCUT2D eigenvalue weighted by Gasteiger charge is -2.18. The number of benzene rings is 9. The number of halogens is 4. The zero-order chi connectivity index (χ0) is 102. The van der Waals surface area contributed by atoms with Gasteiger partial charge < -0.3 is 68.2 Å². The predicted molar refractivity (Wildman–Crippen MR) is 565 cm³/mol. The molecule has 26 nitrogen and oxygen atoms in total. The van der Waals surface area contributed by atoms with Crippen molar-refractivity contribution in [2.75, 3.05) is 52.9 Å². The largest absolute Gasteiger partial charge is 0.508 e. The Labute approximate surface area is 873 Å². The topological polar surface area (TPSA) is 389 Å². The lowest BCUT2D eigenvalue weighted by atomic mass is 9.91. The van der Waals surface area contributed by atoms with Gasteiger partial charge in [0.1, 0.15) is 105 Å². The first kappa shape index (κ1) is 119. The lowest BCUT2D eigenvalue weighted by molar-refractivity contribution is -0.155. The fourth-order valence-corrected chi connectivity index (χ4v) is 17.0. The first-order valence-corrected chi connectivity index (χ1v) is 48.9. The summed E-state index contributed by atoms with van der Waals surface area (Å²) in [6, 6.07) is 57.6. The van der Waals surface area contributed by atoms with Crippen LogP contribution in [0.3, 0.4) is 0 Å². The number of rotatable bonds is 49. The Hall–Kier alpha value is -11.7. The fraction of sp³-hybridized carbons (Fsp3) is 0.327. The number of aliphatic hydroxyl groups is 1. The number of carbonyl (C=O) groups excluding carboxylic acids is 12. The second kappa shape index (κ2) is 62.4. The van der Waals surface area contributed by atoms with Gasteiger partial charge in [-0.2, -0.15) is 0 Å². The Balaban J connectivity index is 0.000000331. The number of aromatic hydroxyl groups is 4.